The highest BCUT2D eigenvalue weighted by Gasteiger charge is 2.16. The van der Waals surface area contributed by atoms with E-state index < -0.39 is 0 Å². The molecule has 0 saturated carbocycles. The molecule has 17 heavy (non-hydrogen) atoms. The maximum absolute atomic E-state index is 10.0. The fourth-order valence-electron chi connectivity index (χ4n) is 2.43. The number of rotatable bonds is 2. The lowest BCUT2D eigenvalue weighted by atomic mass is 9.96. The maximum Gasteiger partial charge on any atom is 0.141 e. The number of halogens is 1. The summed E-state index contributed by atoms with van der Waals surface area (Å²) in [6.07, 6.45) is 9.45. The van der Waals surface area contributed by atoms with Gasteiger partial charge in [-0.15, -0.1) is 0 Å². The van der Waals surface area contributed by atoms with Crippen molar-refractivity contribution < 1.29 is 5.11 Å². The van der Waals surface area contributed by atoms with Crippen LogP contribution in [0.5, 0.6) is 5.75 Å². The fourth-order valence-corrected chi connectivity index (χ4v) is 2.66. The summed E-state index contributed by atoms with van der Waals surface area (Å²) in [7, 11) is 0. The Balaban J connectivity index is 2.53. The molecule has 1 aliphatic rings. The molecule has 0 amide bonds. The monoisotopic (exact) mass is 251 g/mol. The lowest BCUT2D eigenvalue weighted by molar-refractivity contribution is 0.473. The summed E-state index contributed by atoms with van der Waals surface area (Å²) in [6, 6.07) is 1.91. The minimum Gasteiger partial charge on any atom is -0.506 e. The Morgan fingerprint density at radius 1 is 1.29 bits per heavy atom. The van der Waals surface area contributed by atoms with Crippen LogP contribution < -0.4 is 5.73 Å². The van der Waals surface area contributed by atoms with Crippen molar-refractivity contribution in [1.29, 1.82) is 0 Å². The fraction of sp³-hybridized carbons (Fsp3) is 0.429. The van der Waals surface area contributed by atoms with E-state index in [1.165, 1.54) is 30.4 Å². The minimum atomic E-state index is 0.192. The summed E-state index contributed by atoms with van der Waals surface area (Å²) in [5.74, 6) is 0.192. The van der Waals surface area contributed by atoms with E-state index in [4.69, 9.17) is 17.3 Å². The average molecular weight is 252 g/mol. The van der Waals surface area contributed by atoms with Gasteiger partial charge >= 0.3 is 0 Å². The van der Waals surface area contributed by atoms with Gasteiger partial charge in [-0.25, -0.2) is 0 Å². The van der Waals surface area contributed by atoms with Crippen LogP contribution in [-0.2, 0) is 12.8 Å². The van der Waals surface area contributed by atoms with Gasteiger partial charge in [-0.2, -0.15) is 0 Å². The predicted octanol–water partition coefficient (Wildman–Crippen LogP) is 3.29. The number of phenols is 1. The van der Waals surface area contributed by atoms with Crippen LogP contribution in [0, 0.1) is 0 Å². The van der Waals surface area contributed by atoms with E-state index in [1.807, 2.05) is 18.2 Å². The summed E-state index contributed by atoms with van der Waals surface area (Å²) >= 11 is 6.07. The van der Waals surface area contributed by atoms with Crippen LogP contribution in [-0.4, -0.2) is 11.7 Å². The molecule has 0 unspecified atom stereocenters. The van der Waals surface area contributed by atoms with E-state index in [0.29, 0.717) is 11.6 Å². The molecule has 1 aliphatic carbocycles. The molecule has 3 N–H and O–H groups in total. The van der Waals surface area contributed by atoms with E-state index in [-0.39, 0.29) is 5.75 Å². The number of aromatic hydroxyl groups is 1. The first-order valence-electron chi connectivity index (χ1n) is 6.14. The Hall–Kier alpha value is -0.990. The lowest BCUT2D eigenvalue weighted by Gasteiger charge is -2.13. The van der Waals surface area contributed by atoms with Crippen LogP contribution in [0.2, 0.25) is 5.02 Å². The zero-order valence-electron chi connectivity index (χ0n) is 9.88. The van der Waals surface area contributed by atoms with E-state index in [1.54, 1.807) is 0 Å². The van der Waals surface area contributed by atoms with Crippen LogP contribution >= 0.6 is 11.6 Å². The molecule has 2 nitrogen and oxygen atoms in total. The maximum atomic E-state index is 10.0. The Morgan fingerprint density at radius 3 is 2.82 bits per heavy atom. The Bertz CT molecular complexity index is 440. The molecule has 0 bridgehead atoms. The number of hydrogen-bond acceptors (Lipinski definition) is 2. The van der Waals surface area contributed by atoms with Crippen molar-refractivity contribution in [2.75, 3.05) is 6.54 Å². The lowest BCUT2D eigenvalue weighted by Crippen LogP contribution is -1.97. The molecule has 0 atom stereocenters. The Kier molecular flexibility index (Phi) is 4.08. The van der Waals surface area contributed by atoms with E-state index in [2.05, 4.69) is 0 Å². The third-order valence-electron chi connectivity index (χ3n) is 3.29. The van der Waals surface area contributed by atoms with Crippen LogP contribution in [0.25, 0.3) is 6.08 Å². The van der Waals surface area contributed by atoms with Gasteiger partial charge in [0.15, 0.2) is 0 Å². The van der Waals surface area contributed by atoms with Crippen molar-refractivity contribution in [3.63, 3.8) is 0 Å². The van der Waals surface area contributed by atoms with Crippen molar-refractivity contribution in [3.05, 3.63) is 33.9 Å². The number of aryl methyl sites for hydroxylation is 1. The third-order valence-corrected chi connectivity index (χ3v) is 3.58. The summed E-state index contributed by atoms with van der Waals surface area (Å²) in [5.41, 5.74) is 8.86. The predicted molar refractivity (Wildman–Crippen MR) is 72.5 cm³/mol. The largest absolute Gasteiger partial charge is 0.506 e. The number of hydrogen-bond donors (Lipinski definition) is 2. The number of fused-ring (bicyclic) bond motifs is 1. The van der Waals surface area contributed by atoms with E-state index >= 15 is 0 Å². The molecule has 0 aliphatic heterocycles. The Morgan fingerprint density at radius 2 is 2.06 bits per heavy atom. The average Bonchev–Trinajstić information content (AvgIpc) is 2.55. The third kappa shape index (κ3) is 2.64. The highest BCUT2D eigenvalue weighted by atomic mass is 35.5. The molecule has 0 spiro atoms. The first-order chi connectivity index (χ1) is 8.24. The quantitative estimate of drug-likeness (QED) is 0.793. The van der Waals surface area contributed by atoms with Gasteiger partial charge in [0.2, 0.25) is 0 Å². The number of nitrogens with two attached hydrogens (primary N) is 1. The molecule has 0 heterocycles. The summed E-state index contributed by atoms with van der Waals surface area (Å²) in [4.78, 5) is 0. The number of phenolic OH excluding ortho intramolecular Hbond substituents is 1. The van der Waals surface area contributed by atoms with E-state index in [0.717, 1.165) is 18.4 Å². The van der Waals surface area contributed by atoms with Crippen molar-refractivity contribution in [2.24, 2.45) is 5.73 Å². The molecular formula is C14H18ClNO. The second kappa shape index (κ2) is 5.56. The van der Waals surface area contributed by atoms with Gasteiger partial charge in [0.05, 0.1) is 5.02 Å². The molecular weight excluding hydrogens is 234 g/mol. The Labute approximate surface area is 107 Å². The molecule has 0 radical (unpaired) electrons. The van der Waals surface area contributed by atoms with Crippen molar-refractivity contribution in [3.8, 4) is 5.75 Å². The standard InChI is InChI=1S/C14H18ClNO/c15-13-9-10-5-2-1-3-6-11(10)12(14(13)17)7-4-8-16/h4,7,9,17H,1-3,5-6,8,16H2/b7-4+. The SMILES string of the molecule is NC/C=C/c1c(O)c(Cl)cc2c1CCCCC2. The topological polar surface area (TPSA) is 46.2 Å². The minimum absolute atomic E-state index is 0.192. The zero-order valence-corrected chi connectivity index (χ0v) is 10.6. The normalized spacial score (nSPS) is 15.9. The van der Waals surface area contributed by atoms with Gasteiger partial charge in [-0.1, -0.05) is 30.2 Å². The molecule has 2 rings (SSSR count). The first-order valence-corrected chi connectivity index (χ1v) is 6.51. The van der Waals surface area contributed by atoms with Gasteiger partial charge in [-0.05, 0) is 42.9 Å². The van der Waals surface area contributed by atoms with Crippen molar-refractivity contribution in [1.82, 2.24) is 0 Å². The molecule has 0 fully saturated rings. The van der Waals surface area contributed by atoms with Crippen LogP contribution in [0.4, 0.5) is 0 Å². The van der Waals surface area contributed by atoms with Crippen LogP contribution in [0.1, 0.15) is 36.0 Å². The van der Waals surface area contributed by atoms with Crippen LogP contribution in [0.3, 0.4) is 0 Å². The van der Waals surface area contributed by atoms with Gasteiger partial charge in [-0.3, -0.25) is 0 Å². The molecule has 1 aromatic rings. The first kappa shape index (κ1) is 12.5. The number of benzene rings is 1. The second-order valence-corrected chi connectivity index (χ2v) is 4.86. The van der Waals surface area contributed by atoms with Crippen molar-refractivity contribution in [2.45, 2.75) is 32.1 Å². The molecule has 1 aromatic carbocycles. The van der Waals surface area contributed by atoms with Gasteiger partial charge in [0, 0.05) is 12.1 Å². The van der Waals surface area contributed by atoms with Crippen LogP contribution in [0.15, 0.2) is 12.1 Å². The highest BCUT2D eigenvalue weighted by Crippen LogP contribution is 2.36. The molecule has 3 heteroatoms. The van der Waals surface area contributed by atoms with Gasteiger partial charge in [0.1, 0.15) is 5.75 Å². The van der Waals surface area contributed by atoms with E-state index in [9.17, 15) is 5.11 Å². The summed E-state index contributed by atoms with van der Waals surface area (Å²) in [5, 5.41) is 10.5. The van der Waals surface area contributed by atoms with Gasteiger partial charge < -0.3 is 10.8 Å². The van der Waals surface area contributed by atoms with Crippen molar-refractivity contribution >= 4 is 17.7 Å². The molecule has 0 aromatic heterocycles. The molecule has 0 saturated heterocycles. The summed E-state index contributed by atoms with van der Waals surface area (Å²) in [6.45, 7) is 0.473. The van der Waals surface area contributed by atoms with Gasteiger partial charge in [0.25, 0.3) is 0 Å². The highest BCUT2D eigenvalue weighted by molar-refractivity contribution is 6.32. The smallest absolute Gasteiger partial charge is 0.141 e. The zero-order chi connectivity index (χ0) is 12.3. The summed E-state index contributed by atoms with van der Waals surface area (Å²) < 4.78 is 0. The second-order valence-electron chi connectivity index (χ2n) is 4.46. The molecule has 92 valence electrons.